The molecule has 1 heterocycles. The van der Waals surface area contributed by atoms with Crippen molar-refractivity contribution in [2.24, 2.45) is 10.9 Å². The normalized spacial score (nSPS) is 20.6. The number of allylic oxidation sites excluding steroid dienone is 2. The zero-order chi connectivity index (χ0) is 23.5. The average Bonchev–Trinajstić information content (AvgIpc) is 3.35. The molecule has 5 rings (SSSR count). The highest BCUT2D eigenvalue weighted by atomic mass is 35.5. The van der Waals surface area contributed by atoms with Crippen LogP contribution >= 0.6 is 11.6 Å². The van der Waals surface area contributed by atoms with E-state index in [9.17, 15) is 0 Å². The number of aliphatic imine (C=N–C) groups is 1. The number of para-hydroxylation sites is 1. The van der Waals surface area contributed by atoms with Gasteiger partial charge in [0.2, 0.25) is 0 Å². The van der Waals surface area contributed by atoms with Crippen LogP contribution in [0.25, 0.3) is 0 Å². The Morgan fingerprint density at radius 1 is 1.03 bits per heavy atom. The highest BCUT2D eigenvalue weighted by Crippen LogP contribution is 2.49. The molecule has 3 atom stereocenters. The maximum atomic E-state index is 6.44. The summed E-state index contributed by atoms with van der Waals surface area (Å²) in [6.45, 7) is 4.93. The molecule has 34 heavy (non-hydrogen) atoms. The van der Waals surface area contributed by atoms with Gasteiger partial charge in [0.1, 0.15) is 0 Å². The van der Waals surface area contributed by atoms with Crippen LogP contribution in [0.3, 0.4) is 0 Å². The summed E-state index contributed by atoms with van der Waals surface area (Å²) in [6, 6.07) is 21.2. The van der Waals surface area contributed by atoms with Crippen molar-refractivity contribution < 1.29 is 9.47 Å². The van der Waals surface area contributed by atoms with Crippen LogP contribution in [0.4, 0.5) is 11.4 Å². The van der Waals surface area contributed by atoms with Gasteiger partial charge in [-0.3, -0.25) is 4.99 Å². The molecule has 174 valence electrons. The van der Waals surface area contributed by atoms with E-state index in [1.54, 1.807) is 0 Å². The van der Waals surface area contributed by atoms with Gasteiger partial charge in [0, 0.05) is 17.8 Å². The first-order chi connectivity index (χ1) is 16.7. The van der Waals surface area contributed by atoms with Gasteiger partial charge in [0.15, 0.2) is 11.5 Å². The first kappa shape index (κ1) is 22.5. The van der Waals surface area contributed by atoms with E-state index >= 15 is 0 Å². The highest BCUT2D eigenvalue weighted by molar-refractivity contribution is 6.32. The predicted molar refractivity (Wildman–Crippen MR) is 140 cm³/mol. The molecule has 5 heteroatoms. The number of hydrogen-bond acceptors (Lipinski definition) is 4. The van der Waals surface area contributed by atoms with Crippen molar-refractivity contribution in [3.8, 4) is 11.5 Å². The molecule has 1 aliphatic carbocycles. The van der Waals surface area contributed by atoms with Crippen LogP contribution in [0.2, 0.25) is 5.02 Å². The SMILES string of the molecule is CCOc1cc(C=Nc2ccc([C@@H]3Nc4ccccc4[C@H]4C=CC[C@@H]43)cc2)cc(Cl)c1OCC. The lowest BCUT2D eigenvalue weighted by Crippen LogP contribution is -2.28. The van der Waals surface area contributed by atoms with Gasteiger partial charge >= 0.3 is 0 Å². The summed E-state index contributed by atoms with van der Waals surface area (Å²) < 4.78 is 11.4. The molecule has 0 saturated heterocycles. The smallest absolute Gasteiger partial charge is 0.179 e. The van der Waals surface area contributed by atoms with Crippen LogP contribution in [0, 0.1) is 5.92 Å². The van der Waals surface area contributed by atoms with Gasteiger partial charge in [0.05, 0.1) is 30.0 Å². The molecule has 0 amide bonds. The fourth-order valence-corrected chi connectivity index (χ4v) is 5.27. The van der Waals surface area contributed by atoms with E-state index in [0.717, 1.165) is 17.7 Å². The van der Waals surface area contributed by atoms with E-state index in [1.807, 2.05) is 32.2 Å². The van der Waals surface area contributed by atoms with Crippen molar-refractivity contribution in [2.75, 3.05) is 18.5 Å². The third-order valence-corrected chi connectivity index (χ3v) is 6.79. The van der Waals surface area contributed by atoms with Crippen molar-refractivity contribution in [1.82, 2.24) is 0 Å². The molecule has 2 aliphatic rings. The first-order valence-corrected chi connectivity index (χ1v) is 12.3. The van der Waals surface area contributed by atoms with Gasteiger partial charge in [-0.2, -0.15) is 0 Å². The van der Waals surface area contributed by atoms with Gasteiger partial charge in [-0.15, -0.1) is 0 Å². The molecule has 0 fully saturated rings. The van der Waals surface area contributed by atoms with E-state index < -0.39 is 0 Å². The molecule has 0 aromatic heterocycles. The maximum Gasteiger partial charge on any atom is 0.179 e. The lowest BCUT2D eigenvalue weighted by molar-refractivity contribution is 0.288. The monoisotopic (exact) mass is 472 g/mol. The summed E-state index contributed by atoms with van der Waals surface area (Å²) in [5, 5.41) is 4.30. The number of rotatable bonds is 7. The van der Waals surface area contributed by atoms with E-state index in [-0.39, 0.29) is 6.04 Å². The summed E-state index contributed by atoms with van der Waals surface area (Å²) in [5.74, 6) is 2.22. The van der Waals surface area contributed by atoms with Crippen LogP contribution in [-0.4, -0.2) is 19.4 Å². The molecule has 1 aliphatic heterocycles. The lowest BCUT2D eigenvalue weighted by Gasteiger charge is -2.37. The zero-order valence-corrected chi connectivity index (χ0v) is 20.3. The van der Waals surface area contributed by atoms with Crippen LogP contribution in [0.15, 0.2) is 77.8 Å². The summed E-state index contributed by atoms with van der Waals surface area (Å²) in [6.07, 6.45) is 7.60. The molecule has 3 aromatic rings. The van der Waals surface area contributed by atoms with Gasteiger partial charge in [-0.25, -0.2) is 0 Å². The minimum absolute atomic E-state index is 0.284. The maximum absolute atomic E-state index is 6.44. The Morgan fingerprint density at radius 3 is 2.62 bits per heavy atom. The second-order valence-electron chi connectivity index (χ2n) is 8.61. The van der Waals surface area contributed by atoms with Gasteiger partial charge < -0.3 is 14.8 Å². The number of benzene rings is 3. The topological polar surface area (TPSA) is 42.8 Å². The van der Waals surface area contributed by atoms with Gasteiger partial charge in [0.25, 0.3) is 0 Å². The number of anilines is 1. The van der Waals surface area contributed by atoms with E-state index in [1.165, 1.54) is 16.8 Å². The Morgan fingerprint density at radius 2 is 1.82 bits per heavy atom. The molecule has 0 spiro atoms. The van der Waals surface area contributed by atoms with E-state index in [2.05, 4.69) is 71.0 Å². The van der Waals surface area contributed by atoms with Crippen molar-refractivity contribution in [2.45, 2.75) is 32.2 Å². The second-order valence-corrected chi connectivity index (χ2v) is 9.02. The number of nitrogens with zero attached hydrogens (tertiary/aromatic N) is 1. The van der Waals surface area contributed by atoms with E-state index in [4.69, 9.17) is 21.1 Å². The molecular weight excluding hydrogens is 444 g/mol. The third-order valence-electron chi connectivity index (χ3n) is 6.51. The van der Waals surface area contributed by atoms with Crippen molar-refractivity contribution in [3.05, 3.63) is 94.5 Å². The molecule has 0 bridgehead atoms. The molecular formula is C29H29ClN2O2. The fraction of sp³-hybridized carbons (Fsp3) is 0.276. The molecule has 4 nitrogen and oxygen atoms in total. The van der Waals surface area contributed by atoms with Crippen LogP contribution < -0.4 is 14.8 Å². The van der Waals surface area contributed by atoms with Crippen LogP contribution in [-0.2, 0) is 0 Å². The Hall–Kier alpha value is -3.24. The third kappa shape index (κ3) is 4.43. The summed E-state index contributed by atoms with van der Waals surface area (Å²) in [4.78, 5) is 4.67. The average molecular weight is 473 g/mol. The Balaban J connectivity index is 1.35. The predicted octanol–water partition coefficient (Wildman–Crippen LogP) is 7.71. The quantitative estimate of drug-likeness (QED) is 0.283. The van der Waals surface area contributed by atoms with Crippen molar-refractivity contribution in [1.29, 1.82) is 0 Å². The number of fused-ring (bicyclic) bond motifs is 3. The summed E-state index contributed by atoms with van der Waals surface area (Å²) in [7, 11) is 0. The lowest BCUT2D eigenvalue weighted by atomic mass is 9.77. The standard InChI is InChI=1S/C29H29ClN2O2/c1-3-33-27-17-19(16-25(30)29(27)34-4-2)18-31-21-14-12-20(13-15-21)28-24-10-7-9-22(24)23-8-5-6-11-26(23)32-28/h5-9,11-18,22,24,28,32H,3-4,10H2,1-2H3/t22-,24+,28+/m1/s1. The minimum atomic E-state index is 0.284. The van der Waals surface area contributed by atoms with E-state index in [0.29, 0.717) is 41.6 Å². The Labute approximate surface area is 206 Å². The van der Waals surface area contributed by atoms with Crippen molar-refractivity contribution in [3.63, 3.8) is 0 Å². The number of ether oxygens (including phenoxy) is 2. The Kier molecular flexibility index (Phi) is 6.59. The van der Waals surface area contributed by atoms with Gasteiger partial charge in [-0.1, -0.05) is 54.1 Å². The van der Waals surface area contributed by atoms with Crippen LogP contribution in [0.5, 0.6) is 11.5 Å². The Bertz CT molecular complexity index is 1220. The molecule has 0 unspecified atom stereocenters. The zero-order valence-electron chi connectivity index (χ0n) is 19.5. The molecule has 0 radical (unpaired) electrons. The number of halogens is 1. The summed E-state index contributed by atoms with van der Waals surface area (Å²) in [5.41, 5.74) is 5.68. The van der Waals surface area contributed by atoms with Crippen molar-refractivity contribution >= 4 is 29.2 Å². The summed E-state index contributed by atoms with van der Waals surface area (Å²) >= 11 is 6.44. The fourth-order valence-electron chi connectivity index (χ4n) is 5.00. The highest BCUT2D eigenvalue weighted by Gasteiger charge is 2.37. The number of nitrogens with one attached hydrogen (secondary N) is 1. The minimum Gasteiger partial charge on any atom is -0.490 e. The second kappa shape index (κ2) is 9.94. The first-order valence-electron chi connectivity index (χ1n) is 11.9. The molecule has 1 N–H and O–H groups in total. The number of hydrogen-bond donors (Lipinski definition) is 1. The van der Waals surface area contributed by atoms with Crippen LogP contribution in [0.1, 0.15) is 48.9 Å². The molecule has 0 saturated carbocycles. The molecule has 3 aromatic carbocycles. The van der Waals surface area contributed by atoms with Gasteiger partial charge in [-0.05, 0) is 73.2 Å². The largest absolute Gasteiger partial charge is 0.490 e.